The van der Waals surface area contributed by atoms with Crippen LogP contribution in [-0.4, -0.2) is 34.7 Å². The molecule has 1 aromatic heterocycles. The lowest BCUT2D eigenvalue weighted by Gasteiger charge is -2.10. The number of aromatic nitrogens is 2. The van der Waals surface area contributed by atoms with E-state index in [0.29, 0.717) is 0 Å². The monoisotopic (exact) mass is 476 g/mol. The third-order valence-electron chi connectivity index (χ3n) is 8.24. The SMILES string of the molecule is CCN1Cc2ccc(/C=C/c3n[nH]c4cc(C5CC56C(=O)Nc5ccc(OC)cc56)ccc34)cc2C1. The third-order valence-corrected chi connectivity index (χ3v) is 8.24. The van der Waals surface area contributed by atoms with Crippen molar-refractivity contribution in [2.45, 2.75) is 37.8 Å². The van der Waals surface area contributed by atoms with E-state index in [1.165, 1.54) is 16.7 Å². The molecule has 3 aromatic carbocycles. The average Bonchev–Trinajstić information content (AvgIpc) is 3.18. The number of nitrogens with one attached hydrogen (secondary N) is 2. The molecule has 2 atom stereocenters. The highest BCUT2D eigenvalue weighted by molar-refractivity contribution is 6.10. The van der Waals surface area contributed by atoms with E-state index in [-0.39, 0.29) is 11.8 Å². The number of fused-ring (bicyclic) bond motifs is 4. The van der Waals surface area contributed by atoms with Crippen LogP contribution in [0.15, 0.2) is 54.6 Å². The van der Waals surface area contributed by atoms with Crippen molar-refractivity contribution in [2.24, 2.45) is 0 Å². The van der Waals surface area contributed by atoms with E-state index in [1.807, 2.05) is 18.2 Å². The Morgan fingerprint density at radius 3 is 2.83 bits per heavy atom. The molecule has 3 heterocycles. The summed E-state index contributed by atoms with van der Waals surface area (Å²) >= 11 is 0. The van der Waals surface area contributed by atoms with Gasteiger partial charge in [0.15, 0.2) is 0 Å². The maximum Gasteiger partial charge on any atom is 0.235 e. The number of anilines is 1. The molecule has 6 heteroatoms. The molecule has 3 aliphatic rings. The van der Waals surface area contributed by atoms with Crippen molar-refractivity contribution in [3.8, 4) is 5.75 Å². The smallest absolute Gasteiger partial charge is 0.235 e. The summed E-state index contributed by atoms with van der Waals surface area (Å²) in [6, 6.07) is 19.0. The minimum Gasteiger partial charge on any atom is -0.497 e. The average molecular weight is 477 g/mol. The molecule has 4 aromatic rings. The molecule has 180 valence electrons. The van der Waals surface area contributed by atoms with Gasteiger partial charge in [-0.15, -0.1) is 0 Å². The number of hydrogen-bond donors (Lipinski definition) is 2. The van der Waals surface area contributed by atoms with E-state index in [2.05, 4.69) is 75.9 Å². The molecule has 1 fully saturated rings. The lowest BCUT2D eigenvalue weighted by Crippen LogP contribution is -2.21. The first kappa shape index (κ1) is 21.4. The largest absolute Gasteiger partial charge is 0.497 e. The first-order valence-corrected chi connectivity index (χ1v) is 12.6. The van der Waals surface area contributed by atoms with Crippen LogP contribution >= 0.6 is 0 Å². The van der Waals surface area contributed by atoms with Gasteiger partial charge in [0.2, 0.25) is 5.91 Å². The number of carbonyl (C=O) groups is 1. The van der Waals surface area contributed by atoms with Gasteiger partial charge in [0.05, 0.1) is 23.7 Å². The highest BCUT2D eigenvalue weighted by atomic mass is 16.5. The summed E-state index contributed by atoms with van der Waals surface area (Å²) in [4.78, 5) is 15.5. The molecule has 0 radical (unpaired) electrons. The second-order valence-corrected chi connectivity index (χ2v) is 10.2. The molecule has 1 aliphatic carbocycles. The van der Waals surface area contributed by atoms with Gasteiger partial charge in [-0.05, 0) is 71.1 Å². The number of rotatable bonds is 5. The van der Waals surface area contributed by atoms with Gasteiger partial charge >= 0.3 is 0 Å². The van der Waals surface area contributed by atoms with Gasteiger partial charge in [-0.3, -0.25) is 14.8 Å². The molecule has 0 saturated heterocycles. The maximum absolute atomic E-state index is 13.0. The van der Waals surface area contributed by atoms with Crippen LogP contribution in [0.1, 0.15) is 52.8 Å². The van der Waals surface area contributed by atoms with Gasteiger partial charge in [-0.1, -0.05) is 43.3 Å². The molecule has 0 bridgehead atoms. The lowest BCUT2D eigenvalue weighted by molar-refractivity contribution is -0.118. The fourth-order valence-electron chi connectivity index (χ4n) is 6.09. The number of aromatic amines is 1. The van der Waals surface area contributed by atoms with Crippen molar-refractivity contribution in [1.29, 1.82) is 0 Å². The normalized spacial score (nSPS) is 22.4. The summed E-state index contributed by atoms with van der Waals surface area (Å²) in [5.74, 6) is 1.01. The number of H-pyrrole nitrogens is 1. The van der Waals surface area contributed by atoms with Crippen LogP contribution < -0.4 is 10.1 Å². The fraction of sp³-hybridized carbons (Fsp3) is 0.267. The fourth-order valence-corrected chi connectivity index (χ4v) is 6.09. The molecule has 1 spiro atoms. The Balaban J connectivity index is 1.15. The number of hydrogen-bond acceptors (Lipinski definition) is 4. The predicted octanol–water partition coefficient (Wildman–Crippen LogP) is 5.45. The number of ether oxygens (including phenoxy) is 1. The highest BCUT2D eigenvalue weighted by Gasteiger charge is 2.65. The zero-order valence-corrected chi connectivity index (χ0v) is 20.5. The standard InChI is InChI=1S/C30H28N4O2/c1-3-34-16-20-6-4-18(12-21(20)17-34)5-10-26-23-9-7-19(13-28(23)33-32-26)25-15-30(25)24-14-22(36-2)8-11-27(24)31-29(30)35/h4-14,25H,3,15-17H2,1-2H3,(H,31,35)(H,32,33)/b10-5+. The zero-order chi connectivity index (χ0) is 24.4. The lowest BCUT2D eigenvalue weighted by atomic mass is 9.91. The Morgan fingerprint density at radius 1 is 1.08 bits per heavy atom. The Morgan fingerprint density at radius 2 is 1.97 bits per heavy atom. The molecule has 36 heavy (non-hydrogen) atoms. The molecular weight excluding hydrogens is 448 g/mol. The van der Waals surface area contributed by atoms with Crippen LogP contribution in [0.4, 0.5) is 5.69 Å². The van der Waals surface area contributed by atoms with Crippen molar-refractivity contribution in [3.63, 3.8) is 0 Å². The predicted molar refractivity (Wildman–Crippen MR) is 142 cm³/mol. The summed E-state index contributed by atoms with van der Waals surface area (Å²) in [6.07, 6.45) is 5.03. The van der Waals surface area contributed by atoms with Gasteiger partial charge in [0.1, 0.15) is 5.75 Å². The second-order valence-electron chi connectivity index (χ2n) is 10.2. The van der Waals surface area contributed by atoms with Gasteiger partial charge in [-0.2, -0.15) is 5.10 Å². The molecule has 1 amide bonds. The van der Waals surface area contributed by atoms with Crippen molar-refractivity contribution in [3.05, 3.63) is 88.1 Å². The first-order valence-electron chi connectivity index (χ1n) is 12.6. The molecule has 2 unspecified atom stereocenters. The quantitative estimate of drug-likeness (QED) is 0.402. The van der Waals surface area contributed by atoms with E-state index < -0.39 is 5.41 Å². The van der Waals surface area contributed by atoms with Crippen LogP contribution in [0.2, 0.25) is 0 Å². The summed E-state index contributed by atoms with van der Waals surface area (Å²) in [6.45, 7) is 5.36. The highest BCUT2D eigenvalue weighted by Crippen LogP contribution is 2.65. The van der Waals surface area contributed by atoms with E-state index in [9.17, 15) is 4.79 Å². The Hall–Kier alpha value is -3.90. The topological polar surface area (TPSA) is 70.2 Å². The van der Waals surface area contributed by atoms with E-state index >= 15 is 0 Å². The molecule has 6 nitrogen and oxygen atoms in total. The molecule has 7 rings (SSSR count). The van der Waals surface area contributed by atoms with E-state index in [0.717, 1.165) is 65.2 Å². The van der Waals surface area contributed by atoms with Gasteiger partial charge in [0, 0.05) is 30.1 Å². The van der Waals surface area contributed by atoms with E-state index in [1.54, 1.807) is 7.11 Å². The van der Waals surface area contributed by atoms with Crippen molar-refractivity contribution in [1.82, 2.24) is 15.1 Å². The summed E-state index contributed by atoms with van der Waals surface area (Å²) in [7, 11) is 1.66. The Labute approximate surface area is 210 Å². The first-order chi connectivity index (χ1) is 17.6. The number of benzene rings is 3. The van der Waals surface area contributed by atoms with Gasteiger partial charge in [0.25, 0.3) is 0 Å². The minimum atomic E-state index is -0.499. The zero-order valence-electron chi connectivity index (χ0n) is 20.5. The van der Waals surface area contributed by atoms with Crippen molar-refractivity contribution < 1.29 is 9.53 Å². The minimum absolute atomic E-state index is 0.0838. The number of amides is 1. The Bertz CT molecular complexity index is 1570. The number of methoxy groups -OCH3 is 1. The molecule has 2 N–H and O–H groups in total. The van der Waals surface area contributed by atoms with Crippen LogP contribution in [0.3, 0.4) is 0 Å². The number of carbonyl (C=O) groups excluding carboxylic acids is 1. The van der Waals surface area contributed by atoms with Crippen LogP contribution in [0.5, 0.6) is 5.75 Å². The van der Waals surface area contributed by atoms with Crippen LogP contribution in [-0.2, 0) is 23.3 Å². The molecular formula is C30H28N4O2. The van der Waals surface area contributed by atoms with Crippen molar-refractivity contribution >= 4 is 34.6 Å². The van der Waals surface area contributed by atoms with Crippen LogP contribution in [0, 0.1) is 0 Å². The third kappa shape index (κ3) is 3.14. The summed E-state index contributed by atoms with van der Waals surface area (Å²) in [5, 5.41) is 11.9. The maximum atomic E-state index is 13.0. The Kier molecular flexibility index (Phi) is 4.63. The van der Waals surface area contributed by atoms with Crippen LogP contribution in [0.25, 0.3) is 23.1 Å². The van der Waals surface area contributed by atoms with Gasteiger partial charge < -0.3 is 10.1 Å². The van der Waals surface area contributed by atoms with E-state index in [4.69, 9.17) is 4.74 Å². The molecule has 1 saturated carbocycles. The molecule has 2 aliphatic heterocycles. The second kappa shape index (κ2) is 7.80. The van der Waals surface area contributed by atoms with Gasteiger partial charge in [-0.25, -0.2) is 0 Å². The summed E-state index contributed by atoms with van der Waals surface area (Å²) < 4.78 is 5.42. The van der Waals surface area contributed by atoms with Crippen molar-refractivity contribution in [2.75, 3.05) is 19.0 Å². The summed E-state index contributed by atoms with van der Waals surface area (Å²) in [5.41, 5.74) is 8.56. The number of nitrogens with zero attached hydrogens (tertiary/aromatic N) is 2.